The topological polar surface area (TPSA) is 37.4 Å². The van der Waals surface area contributed by atoms with E-state index in [4.69, 9.17) is 11.6 Å². The summed E-state index contributed by atoms with van der Waals surface area (Å²) in [4.78, 5) is 2.36. The van der Waals surface area contributed by atoms with Crippen LogP contribution in [-0.2, 0) is 9.84 Å². The van der Waals surface area contributed by atoms with Crippen LogP contribution >= 0.6 is 11.6 Å². The van der Waals surface area contributed by atoms with Crippen LogP contribution in [0.5, 0.6) is 0 Å². The third-order valence-electron chi connectivity index (χ3n) is 3.26. The van der Waals surface area contributed by atoms with E-state index >= 15 is 0 Å². The van der Waals surface area contributed by atoms with Crippen molar-refractivity contribution in [2.45, 2.75) is 26.2 Å². The summed E-state index contributed by atoms with van der Waals surface area (Å²) >= 11 is 5.71. The Hall–Kier alpha value is 0.200. The lowest BCUT2D eigenvalue weighted by Crippen LogP contribution is -2.24. The van der Waals surface area contributed by atoms with Gasteiger partial charge < -0.3 is 4.90 Å². The summed E-state index contributed by atoms with van der Waals surface area (Å²) < 4.78 is 22.6. The average Bonchev–Trinajstić information content (AvgIpc) is 2.66. The molecule has 1 fully saturated rings. The lowest BCUT2D eigenvalue weighted by atomic mass is 10.1. The molecule has 3 nitrogen and oxygen atoms in total. The van der Waals surface area contributed by atoms with E-state index in [2.05, 4.69) is 4.90 Å². The Morgan fingerprint density at radius 3 is 2.81 bits per heavy atom. The largest absolute Gasteiger partial charge is 0.303 e. The van der Waals surface area contributed by atoms with Crippen molar-refractivity contribution < 1.29 is 8.42 Å². The maximum absolute atomic E-state index is 11.3. The minimum absolute atomic E-state index is 0.266. The third kappa shape index (κ3) is 5.02. The Kier molecular flexibility index (Phi) is 6.08. The van der Waals surface area contributed by atoms with Crippen LogP contribution in [0.15, 0.2) is 0 Å². The fraction of sp³-hybridized carbons (Fsp3) is 1.00. The normalized spacial score (nSPS) is 22.8. The van der Waals surface area contributed by atoms with Crippen LogP contribution in [0.4, 0.5) is 0 Å². The van der Waals surface area contributed by atoms with Crippen LogP contribution in [-0.4, -0.2) is 50.3 Å². The second-order valence-corrected chi connectivity index (χ2v) is 7.37. The van der Waals surface area contributed by atoms with E-state index in [9.17, 15) is 8.42 Å². The molecule has 0 N–H and O–H groups in total. The standard InChI is InChI=1S/C11H22ClNO2S/c1-2-16(14,15)9-3-7-13-8-5-11(10-13)4-6-12/h11H,2-10H2,1H3. The zero-order valence-electron chi connectivity index (χ0n) is 9.99. The first-order valence-corrected chi connectivity index (χ1v) is 8.41. The number of rotatable bonds is 7. The smallest absolute Gasteiger partial charge is 0.150 e. The predicted molar refractivity (Wildman–Crippen MR) is 68.8 cm³/mol. The molecule has 0 amide bonds. The SMILES string of the molecule is CCS(=O)(=O)CCCN1CCC(CCCl)C1. The van der Waals surface area contributed by atoms with Crippen LogP contribution in [0.2, 0.25) is 0 Å². The van der Waals surface area contributed by atoms with Gasteiger partial charge in [-0.2, -0.15) is 0 Å². The number of nitrogens with zero attached hydrogens (tertiary/aromatic N) is 1. The van der Waals surface area contributed by atoms with Gasteiger partial charge in [-0.3, -0.25) is 0 Å². The van der Waals surface area contributed by atoms with Gasteiger partial charge in [-0.25, -0.2) is 8.42 Å². The highest BCUT2D eigenvalue weighted by atomic mass is 35.5. The number of hydrogen-bond donors (Lipinski definition) is 0. The lowest BCUT2D eigenvalue weighted by molar-refractivity contribution is 0.324. The molecular formula is C11H22ClNO2S. The Labute approximate surface area is 104 Å². The van der Waals surface area contributed by atoms with Crippen molar-refractivity contribution in [3.8, 4) is 0 Å². The molecule has 0 aromatic rings. The number of alkyl halides is 1. The Morgan fingerprint density at radius 2 is 2.19 bits per heavy atom. The molecule has 0 bridgehead atoms. The maximum Gasteiger partial charge on any atom is 0.150 e. The van der Waals surface area contributed by atoms with Crippen LogP contribution < -0.4 is 0 Å². The molecule has 1 aliphatic rings. The second kappa shape index (κ2) is 6.82. The van der Waals surface area contributed by atoms with Gasteiger partial charge >= 0.3 is 0 Å². The number of hydrogen-bond acceptors (Lipinski definition) is 3. The highest BCUT2D eigenvalue weighted by molar-refractivity contribution is 7.91. The van der Waals surface area contributed by atoms with Crippen molar-refractivity contribution in [1.82, 2.24) is 4.90 Å². The van der Waals surface area contributed by atoms with Crippen molar-refractivity contribution >= 4 is 21.4 Å². The van der Waals surface area contributed by atoms with Gasteiger partial charge in [0.25, 0.3) is 0 Å². The summed E-state index contributed by atoms with van der Waals surface area (Å²) in [6.07, 6.45) is 3.07. The van der Waals surface area contributed by atoms with Crippen molar-refractivity contribution in [3.05, 3.63) is 0 Å². The molecule has 1 rings (SSSR count). The molecule has 0 spiro atoms. The molecule has 1 heterocycles. The zero-order valence-corrected chi connectivity index (χ0v) is 11.6. The zero-order chi connectivity index (χ0) is 12.0. The molecule has 0 aromatic carbocycles. The van der Waals surface area contributed by atoms with E-state index in [0.29, 0.717) is 5.75 Å². The van der Waals surface area contributed by atoms with E-state index in [1.807, 2.05) is 0 Å². The quantitative estimate of drug-likeness (QED) is 0.660. The molecule has 0 radical (unpaired) electrons. The summed E-state index contributed by atoms with van der Waals surface area (Å²) in [5, 5.41) is 0. The van der Waals surface area contributed by atoms with Gasteiger partial charge in [0.05, 0.1) is 5.75 Å². The molecule has 5 heteroatoms. The van der Waals surface area contributed by atoms with Gasteiger partial charge in [-0.1, -0.05) is 6.92 Å². The third-order valence-corrected chi connectivity index (χ3v) is 5.27. The van der Waals surface area contributed by atoms with Gasteiger partial charge in [0.15, 0.2) is 0 Å². The molecule has 1 aliphatic heterocycles. The first kappa shape index (κ1) is 14.3. The Morgan fingerprint density at radius 1 is 1.44 bits per heavy atom. The summed E-state index contributed by atoms with van der Waals surface area (Å²) in [5.41, 5.74) is 0. The number of halogens is 1. The average molecular weight is 268 g/mol. The number of likely N-dealkylation sites (tertiary alicyclic amines) is 1. The van der Waals surface area contributed by atoms with Crippen LogP contribution in [0.25, 0.3) is 0 Å². The summed E-state index contributed by atoms with van der Waals surface area (Å²) in [6, 6.07) is 0. The van der Waals surface area contributed by atoms with Crippen LogP contribution in [0.3, 0.4) is 0 Å². The second-order valence-electron chi connectivity index (χ2n) is 4.52. The molecule has 16 heavy (non-hydrogen) atoms. The summed E-state index contributed by atoms with van der Waals surface area (Å²) in [7, 11) is -2.78. The van der Waals surface area contributed by atoms with Crippen LogP contribution in [0.1, 0.15) is 26.2 Å². The van der Waals surface area contributed by atoms with Gasteiger partial charge in [0.2, 0.25) is 0 Å². The minimum atomic E-state index is -2.78. The fourth-order valence-corrected chi connectivity index (χ4v) is 3.32. The first-order chi connectivity index (χ1) is 7.57. The van der Waals surface area contributed by atoms with Gasteiger partial charge in [-0.15, -0.1) is 11.6 Å². The van der Waals surface area contributed by atoms with E-state index in [1.54, 1.807) is 6.92 Å². The molecular weight excluding hydrogens is 246 g/mol. The van der Waals surface area contributed by atoms with E-state index in [1.165, 1.54) is 6.42 Å². The van der Waals surface area contributed by atoms with Gasteiger partial charge in [0.1, 0.15) is 9.84 Å². The summed E-state index contributed by atoms with van der Waals surface area (Å²) in [6.45, 7) is 4.83. The van der Waals surface area contributed by atoms with E-state index in [0.717, 1.165) is 44.3 Å². The number of sulfone groups is 1. The molecule has 0 aliphatic carbocycles. The van der Waals surface area contributed by atoms with E-state index < -0.39 is 9.84 Å². The molecule has 1 saturated heterocycles. The van der Waals surface area contributed by atoms with Crippen molar-refractivity contribution in [1.29, 1.82) is 0 Å². The predicted octanol–water partition coefficient (Wildman–Crippen LogP) is 1.76. The highest BCUT2D eigenvalue weighted by Crippen LogP contribution is 2.19. The Bertz CT molecular complexity index is 292. The Balaban J connectivity index is 2.16. The molecule has 1 unspecified atom stereocenters. The van der Waals surface area contributed by atoms with Crippen molar-refractivity contribution in [3.63, 3.8) is 0 Å². The van der Waals surface area contributed by atoms with Crippen molar-refractivity contribution in [2.75, 3.05) is 37.0 Å². The molecule has 0 saturated carbocycles. The highest BCUT2D eigenvalue weighted by Gasteiger charge is 2.21. The summed E-state index contributed by atoms with van der Waals surface area (Å²) in [5.74, 6) is 2.06. The molecule has 96 valence electrons. The van der Waals surface area contributed by atoms with Crippen LogP contribution in [0, 0.1) is 5.92 Å². The lowest BCUT2D eigenvalue weighted by Gasteiger charge is -2.15. The van der Waals surface area contributed by atoms with Crippen molar-refractivity contribution in [2.24, 2.45) is 5.92 Å². The first-order valence-electron chi connectivity index (χ1n) is 6.06. The monoisotopic (exact) mass is 267 g/mol. The van der Waals surface area contributed by atoms with Gasteiger partial charge in [0, 0.05) is 18.2 Å². The fourth-order valence-electron chi connectivity index (χ4n) is 2.16. The minimum Gasteiger partial charge on any atom is -0.303 e. The molecule has 0 aromatic heterocycles. The van der Waals surface area contributed by atoms with E-state index in [-0.39, 0.29) is 5.75 Å². The molecule has 1 atom stereocenters. The maximum atomic E-state index is 11.3. The van der Waals surface area contributed by atoms with Gasteiger partial charge in [-0.05, 0) is 38.3 Å².